The lowest BCUT2D eigenvalue weighted by Gasteiger charge is -2.14. The van der Waals surface area contributed by atoms with Crippen LogP contribution >= 0.6 is 35.8 Å². The number of carbonyl (C=O) groups excluding carboxylic acids is 1. The molecule has 0 saturated heterocycles. The van der Waals surface area contributed by atoms with Crippen LogP contribution in [-0.2, 0) is 16.0 Å². The van der Waals surface area contributed by atoms with E-state index in [2.05, 4.69) is 17.9 Å². The summed E-state index contributed by atoms with van der Waals surface area (Å²) in [5.41, 5.74) is 0.485. The van der Waals surface area contributed by atoms with Gasteiger partial charge in [-0.05, 0) is 29.9 Å². The van der Waals surface area contributed by atoms with E-state index in [1.54, 1.807) is 18.2 Å². The molecule has 1 aromatic rings. The minimum absolute atomic E-state index is 0.0607. The third-order valence-electron chi connectivity index (χ3n) is 2.45. The lowest BCUT2D eigenvalue weighted by atomic mass is 10.1. The molecule has 1 unspecified atom stereocenters. The summed E-state index contributed by atoms with van der Waals surface area (Å²) >= 11 is 15.8. The number of amides is 1. The van der Waals surface area contributed by atoms with Gasteiger partial charge in [0.15, 0.2) is 0 Å². The Bertz CT molecular complexity index is 462. The highest BCUT2D eigenvalue weighted by molar-refractivity contribution is 7.80. The van der Waals surface area contributed by atoms with Crippen molar-refractivity contribution in [2.75, 3.05) is 5.75 Å². The summed E-state index contributed by atoms with van der Waals surface area (Å²) in [6.07, 6.45) is 0.190. The molecule has 0 aliphatic rings. The molecule has 2 N–H and O–H groups in total. The molecule has 0 radical (unpaired) electrons. The highest BCUT2D eigenvalue weighted by Crippen LogP contribution is 2.24. The first-order chi connectivity index (χ1) is 8.95. The number of aliphatic carboxylic acids is 1. The molecule has 4 nitrogen and oxygen atoms in total. The van der Waals surface area contributed by atoms with Crippen LogP contribution in [0.5, 0.6) is 0 Å². The quantitative estimate of drug-likeness (QED) is 0.705. The van der Waals surface area contributed by atoms with Crippen LogP contribution < -0.4 is 5.32 Å². The predicted octanol–water partition coefficient (Wildman–Crippen LogP) is 2.43. The summed E-state index contributed by atoms with van der Waals surface area (Å²) in [7, 11) is 0. The lowest BCUT2D eigenvalue weighted by molar-refractivity contribution is -0.141. The minimum atomic E-state index is -1.09. The molecule has 0 saturated carbocycles. The molecule has 1 rings (SSSR count). The Kier molecular flexibility index (Phi) is 6.48. The van der Waals surface area contributed by atoms with Crippen LogP contribution in [0.15, 0.2) is 18.2 Å². The first-order valence-corrected chi connectivity index (χ1v) is 6.90. The second kappa shape index (κ2) is 7.62. The van der Waals surface area contributed by atoms with Gasteiger partial charge < -0.3 is 10.4 Å². The molecule has 0 bridgehead atoms. The Balaban J connectivity index is 2.72. The Morgan fingerprint density at radius 1 is 1.32 bits per heavy atom. The van der Waals surface area contributed by atoms with Crippen molar-refractivity contribution >= 4 is 47.7 Å². The fourth-order valence-electron chi connectivity index (χ4n) is 1.49. The minimum Gasteiger partial charge on any atom is -0.480 e. The molecule has 1 amide bonds. The van der Waals surface area contributed by atoms with Crippen LogP contribution in [0.25, 0.3) is 0 Å². The van der Waals surface area contributed by atoms with E-state index in [-0.39, 0.29) is 12.8 Å². The van der Waals surface area contributed by atoms with Crippen molar-refractivity contribution in [3.8, 4) is 0 Å². The standard InChI is InChI=1S/C12H13Cl2NO3S/c13-8-2-1-3-9(14)7(8)6-11(16)15-10(4-5-19)12(17)18/h1-3,10,19H,4-6H2,(H,15,16)(H,17,18). The number of carboxylic acid groups (broad SMARTS) is 1. The Labute approximate surface area is 126 Å². The number of nitrogens with one attached hydrogen (secondary N) is 1. The van der Waals surface area contributed by atoms with Gasteiger partial charge >= 0.3 is 5.97 Å². The molecule has 1 aromatic carbocycles. The van der Waals surface area contributed by atoms with E-state index < -0.39 is 17.9 Å². The van der Waals surface area contributed by atoms with Gasteiger partial charge in [0.05, 0.1) is 6.42 Å². The van der Waals surface area contributed by atoms with Crippen molar-refractivity contribution in [2.45, 2.75) is 18.9 Å². The Morgan fingerprint density at radius 3 is 2.37 bits per heavy atom. The van der Waals surface area contributed by atoms with Crippen LogP contribution in [0, 0.1) is 0 Å². The normalized spacial score (nSPS) is 11.9. The zero-order valence-corrected chi connectivity index (χ0v) is 12.3. The number of halogens is 2. The van der Waals surface area contributed by atoms with Crippen molar-refractivity contribution in [3.63, 3.8) is 0 Å². The van der Waals surface area contributed by atoms with Crippen LogP contribution in [-0.4, -0.2) is 28.8 Å². The lowest BCUT2D eigenvalue weighted by Crippen LogP contribution is -2.41. The summed E-state index contributed by atoms with van der Waals surface area (Å²) in [5, 5.41) is 12.1. The van der Waals surface area contributed by atoms with Gasteiger partial charge in [0, 0.05) is 10.0 Å². The second-order valence-electron chi connectivity index (χ2n) is 3.85. The highest BCUT2D eigenvalue weighted by atomic mass is 35.5. The number of hydrogen-bond donors (Lipinski definition) is 3. The monoisotopic (exact) mass is 321 g/mol. The van der Waals surface area contributed by atoms with Crippen molar-refractivity contribution in [3.05, 3.63) is 33.8 Å². The van der Waals surface area contributed by atoms with Crippen LogP contribution in [0.1, 0.15) is 12.0 Å². The van der Waals surface area contributed by atoms with Crippen molar-refractivity contribution in [1.82, 2.24) is 5.32 Å². The number of rotatable bonds is 6. The van der Waals surface area contributed by atoms with E-state index >= 15 is 0 Å². The third-order valence-corrected chi connectivity index (χ3v) is 3.42. The molecule has 1 atom stereocenters. The fourth-order valence-corrected chi connectivity index (χ4v) is 2.28. The topological polar surface area (TPSA) is 66.4 Å². The number of benzene rings is 1. The maximum absolute atomic E-state index is 11.8. The first kappa shape index (κ1) is 16.1. The van der Waals surface area contributed by atoms with Crippen LogP contribution in [0.2, 0.25) is 10.0 Å². The smallest absolute Gasteiger partial charge is 0.326 e. The second-order valence-corrected chi connectivity index (χ2v) is 5.11. The van der Waals surface area contributed by atoms with Crippen molar-refractivity contribution in [2.24, 2.45) is 0 Å². The third kappa shape index (κ3) is 4.93. The van der Waals surface area contributed by atoms with E-state index in [0.717, 1.165) is 0 Å². The van der Waals surface area contributed by atoms with Gasteiger partial charge in [0.2, 0.25) is 5.91 Å². The number of carbonyl (C=O) groups is 2. The molecule has 0 spiro atoms. The molecular weight excluding hydrogens is 309 g/mol. The van der Waals surface area contributed by atoms with Gasteiger partial charge in [0.25, 0.3) is 0 Å². The van der Waals surface area contributed by atoms with E-state index in [9.17, 15) is 9.59 Å². The van der Waals surface area contributed by atoms with Gasteiger partial charge in [-0.15, -0.1) is 0 Å². The molecule has 19 heavy (non-hydrogen) atoms. The summed E-state index contributed by atoms with van der Waals surface area (Å²) < 4.78 is 0. The first-order valence-electron chi connectivity index (χ1n) is 5.51. The molecule has 0 aromatic heterocycles. The molecule has 0 aliphatic carbocycles. The Morgan fingerprint density at radius 2 is 1.89 bits per heavy atom. The summed E-state index contributed by atoms with van der Waals surface area (Å²) in [6, 6.07) is 3.97. The average Bonchev–Trinajstić information content (AvgIpc) is 2.33. The van der Waals surface area contributed by atoms with E-state index in [4.69, 9.17) is 28.3 Å². The summed E-state index contributed by atoms with van der Waals surface area (Å²) in [5.74, 6) is -1.17. The molecule has 0 fully saturated rings. The molecule has 104 valence electrons. The molecule has 0 heterocycles. The van der Waals surface area contributed by atoms with Gasteiger partial charge in [-0.25, -0.2) is 4.79 Å². The maximum Gasteiger partial charge on any atom is 0.326 e. The zero-order valence-electron chi connectivity index (χ0n) is 9.90. The molecular formula is C12H13Cl2NO3S. The molecule has 0 aliphatic heterocycles. The van der Waals surface area contributed by atoms with E-state index in [1.807, 2.05) is 0 Å². The van der Waals surface area contributed by atoms with Gasteiger partial charge in [-0.1, -0.05) is 29.3 Å². The summed E-state index contributed by atoms with van der Waals surface area (Å²) in [4.78, 5) is 22.7. The van der Waals surface area contributed by atoms with E-state index in [1.165, 1.54) is 0 Å². The van der Waals surface area contributed by atoms with Crippen LogP contribution in [0.4, 0.5) is 0 Å². The Hall–Kier alpha value is -0.910. The SMILES string of the molecule is O=C(Cc1c(Cl)cccc1Cl)NC(CCS)C(=O)O. The van der Waals surface area contributed by atoms with Gasteiger partial charge in [-0.3, -0.25) is 4.79 Å². The largest absolute Gasteiger partial charge is 0.480 e. The average molecular weight is 322 g/mol. The van der Waals surface area contributed by atoms with E-state index in [0.29, 0.717) is 21.4 Å². The number of thiol groups is 1. The van der Waals surface area contributed by atoms with Gasteiger partial charge in [-0.2, -0.15) is 12.6 Å². The predicted molar refractivity (Wildman–Crippen MR) is 78.2 cm³/mol. The fraction of sp³-hybridized carbons (Fsp3) is 0.333. The highest BCUT2D eigenvalue weighted by Gasteiger charge is 2.20. The number of carboxylic acids is 1. The molecule has 7 heteroatoms. The summed E-state index contributed by atoms with van der Waals surface area (Å²) in [6.45, 7) is 0. The zero-order chi connectivity index (χ0) is 14.4. The van der Waals surface area contributed by atoms with Gasteiger partial charge in [0.1, 0.15) is 6.04 Å². The van der Waals surface area contributed by atoms with Crippen molar-refractivity contribution < 1.29 is 14.7 Å². The van der Waals surface area contributed by atoms with Crippen molar-refractivity contribution in [1.29, 1.82) is 0 Å². The van der Waals surface area contributed by atoms with Crippen LogP contribution in [0.3, 0.4) is 0 Å². The number of hydrogen-bond acceptors (Lipinski definition) is 3. The maximum atomic E-state index is 11.8.